The van der Waals surface area contributed by atoms with Gasteiger partial charge < -0.3 is 20.6 Å². The number of benzene rings is 1. The van der Waals surface area contributed by atoms with Gasteiger partial charge in [0.2, 0.25) is 0 Å². The maximum atomic E-state index is 12.1. The molecule has 158 valence electrons. The van der Waals surface area contributed by atoms with Crippen molar-refractivity contribution in [3.63, 3.8) is 0 Å². The molecule has 3 aromatic rings. The van der Waals surface area contributed by atoms with Crippen molar-refractivity contribution in [2.45, 2.75) is 46.4 Å². The Balaban J connectivity index is 1.80. The number of aromatic nitrogens is 3. The van der Waals surface area contributed by atoms with E-state index < -0.39 is 17.3 Å². The van der Waals surface area contributed by atoms with Gasteiger partial charge in [-0.1, -0.05) is 24.3 Å². The third-order valence-electron chi connectivity index (χ3n) is 4.37. The summed E-state index contributed by atoms with van der Waals surface area (Å²) in [5, 5.41) is 16.5. The van der Waals surface area contributed by atoms with E-state index in [1.165, 1.54) is 12.4 Å². The molecule has 0 bridgehead atoms. The van der Waals surface area contributed by atoms with Crippen LogP contribution in [0.2, 0.25) is 0 Å². The molecular weight excluding hydrogens is 386 g/mol. The zero-order valence-corrected chi connectivity index (χ0v) is 17.4. The first-order chi connectivity index (χ1) is 14.2. The van der Waals surface area contributed by atoms with E-state index >= 15 is 0 Å². The van der Waals surface area contributed by atoms with Crippen molar-refractivity contribution in [1.29, 1.82) is 0 Å². The van der Waals surface area contributed by atoms with E-state index in [0.29, 0.717) is 34.6 Å². The number of carbonyl (C=O) groups is 1. The molecule has 3 N–H and O–H groups in total. The Bertz CT molecular complexity index is 1130. The number of carbonyl (C=O) groups excluding carboxylic acids is 1. The number of alkyl carbamates (subject to hydrolysis) is 1. The minimum atomic E-state index is -0.594. The molecule has 0 unspecified atom stereocenters. The van der Waals surface area contributed by atoms with E-state index in [0.717, 1.165) is 11.1 Å². The van der Waals surface area contributed by atoms with Gasteiger partial charge in [-0.05, 0) is 38.8 Å². The standard InChI is InChI=1S/C21H25N5O4/c1-13-18-16(9-17(27)26(29)19(18)25-12-24-13)22-10-14-7-5-6-8-15(14)11-23-20(28)30-21(2,3)4/h5-9,12,22,29H,10-11H2,1-4H3,(H,23,28). The molecule has 1 amide bonds. The number of nitrogens with zero attached hydrogens (tertiary/aromatic N) is 3. The summed E-state index contributed by atoms with van der Waals surface area (Å²) in [7, 11) is 0. The van der Waals surface area contributed by atoms with Gasteiger partial charge in [0.15, 0.2) is 5.65 Å². The van der Waals surface area contributed by atoms with Gasteiger partial charge in [0.05, 0.1) is 16.8 Å². The van der Waals surface area contributed by atoms with E-state index in [9.17, 15) is 14.8 Å². The number of pyridine rings is 1. The molecule has 9 heteroatoms. The summed E-state index contributed by atoms with van der Waals surface area (Å²) < 4.78 is 5.78. The summed E-state index contributed by atoms with van der Waals surface area (Å²) in [6.07, 6.45) is 0.807. The van der Waals surface area contributed by atoms with E-state index in [4.69, 9.17) is 4.74 Å². The second-order valence-corrected chi connectivity index (χ2v) is 7.84. The second kappa shape index (κ2) is 8.40. The first-order valence-corrected chi connectivity index (χ1v) is 9.50. The van der Waals surface area contributed by atoms with Crippen LogP contribution < -0.4 is 16.2 Å². The maximum Gasteiger partial charge on any atom is 0.407 e. The van der Waals surface area contributed by atoms with Gasteiger partial charge in [0, 0.05) is 19.2 Å². The van der Waals surface area contributed by atoms with Crippen molar-refractivity contribution in [1.82, 2.24) is 20.0 Å². The van der Waals surface area contributed by atoms with Crippen LogP contribution in [0.15, 0.2) is 41.5 Å². The molecule has 0 saturated heterocycles. The SMILES string of the molecule is Cc1ncnc2c1c(NCc1ccccc1CNC(=O)OC(C)(C)C)cc(=O)n2O. The molecule has 0 saturated carbocycles. The van der Waals surface area contributed by atoms with Crippen LogP contribution in [0.25, 0.3) is 11.0 Å². The molecule has 0 aliphatic rings. The molecule has 0 aliphatic carbocycles. The molecule has 2 aromatic heterocycles. The molecular formula is C21H25N5O4. The third kappa shape index (κ3) is 4.86. The number of hydrogen-bond acceptors (Lipinski definition) is 7. The quantitative estimate of drug-likeness (QED) is 0.552. The highest BCUT2D eigenvalue weighted by atomic mass is 16.6. The summed E-state index contributed by atoms with van der Waals surface area (Å²) in [6, 6.07) is 8.92. The number of aryl methyl sites for hydroxylation is 1. The van der Waals surface area contributed by atoms with Crippen LogP contribution in [0.4, 0.5) is 10.5 Å². The Hall–Kier alpha value is -3.62. The minimum absolute atomic E-state index is 0.136. The molecule has 3 rings (SSSR count). The Morgan fingerprint density at radius 3 is 2.50 bits per heavy atom. The normalized spacial score (nSPS) is 11.3. The molecule has 30 heavy (non-hydrogen) atoms. The predicted octanol–water partition coefficient (Wildman–Crippen LogP) is 2.97. The number of rotatable bonds is 5. The van der Waals surface area contributed by atoms with Crippen molar-refractivity contribution in [3.8, 4) is 0 Å². The van der Waals surface area contributed by atoms with Crippen LogP contribution in [0.1, 0.15) is 37.6 Å². The van der Waals surface area contributed by atoms with Crippen LogP contribution in [-0.4, -0.2) is 31.6 Å². The lowest BCUT2D eigenvalue weighted by Crippen LogP contribution is -2.32. The summed E-state index contributed by atoms with van der Waals surface area (Å²) in [6.45, 7) is 7.89. The van der Waals surface area contributed by atoms with Gasteiger partial charge in [0.25, 0.3) is 5.56 Å². The molecule has 9 nitrogen and oxygen atoms in total. The highest BCUT2D eigenvalue weighted by Crippen LogP contribution is 2.23. The van der Waals surface area contributed by atoms with Crippen molar-refractivity contribution < 1.29 is 14.7 Å². The fourth-order valence-corrected chi connectivity index (χ4v) is 3.01. The van der Waals surface area contributed by atoms with Crippen LogP contribution in [-0.2, 0) is 17.8 Å². The predicted molar refractivity (Wildman–Crippen MR) is 113 cm³/mol. The van der Waals surface area contributed by atoms with E-state index in [1.54, 1.807) is 27.7 Å². The van der Waals surface area contributed by atoms with Gasteiger partial charge in [-0.2, -0.15) is 0 Å². The Labute approximate surface area is 173 Å². The third-order valence-corrected chi connectivity index (χ3v) is 4.37. The molecule has 2 heterocycles. The van der Waals surface area contributed by atoms with Crippen LogP contribution in [0, 0.1) is 6.92 Å². The van der Waals surface area contributed by atoms with E-state index in [1.807, 2.05) is 24.3 Å². The largest absolute Gasteiger partial charge is 0.444 e. The lowest BCUT2D eigenvalue weighted by molar-refractivity contribution is 0.0523. The molecule has 0 spiro atoms. The van der Waals surface area contributed by atoms with E-state index in [-0.39, 0.29) is 5.65 Å². The number of nitrogens with one attached hydrogen (secondary N) is 2. The maximum absolute atomic E-state index is 12.1. The molecule has 0 radical (unpaired) electrons. The lowest BCUT2D eigenvalue weighted by atomic mass is 10.1. The monoisotopic (exact) mass is 411 g/mol. The Kier molecular flexibility index (Phi) is 5.91. The Morgan fingerprint density at radius 2 is 1.83 bits per heavy atom. The topological polar surface area (TPSA) is 118 Å². The Morgan fingerprint density at radius 1 is 1.17 bits per heavy atom. The molecule has 0 aliphatic heterocycles. The van der Waals surface area contributed by atoms with Gasteiger partial charge in [0.1, 0.15) is 11.9 Å². The van der Waals surface area contributed by atoms with Crippen LogP contribution in [0.3, 0.4) is 0 Å². The van der Waals surface area contributed by atoms with Gasteiger partial charge in [-0.25, -0.2) is 14.8 Å². The smallest absolute Gasteiger partial charge is 0.407 e. The summed E-state index contributed by atoms with van der Waals surface area (Å²) in [5.41, 5.74) is 1.96. The zero-order valence-electron chi connectivity index (χ0n) is 17.4. The highest BCUT2D eigenvalue weighted by Gasteiger charge is 2.16. The van der Waals surface area contributed by atoms with Crippen LogP contribution in [0.5, 0.6) is 0 Å². The number of anilines is 1. The number of amides is 1. The van der Waals surface area contributed by atoms with Gasteiger partial charge >= 0.3 is 6.09 Å². The molecule has 1 aromatic carbocycles. The van der Waals surface area contributed by atoms with Gasteiger partial charge in [-0.3, -0.25) is 4.79 Å². The summed E-state index contributed by atoms with van der Waals surface area (Å²) in [5.74, 6) is 0. The number of ether oxygens (including phenoxy) is 1. The first-order valence-electron chi connectivity index (χ1n) is 9.50. The summed E-state index contributed by atoms with van der Waals surface area (Å²) >= 11 is 0. The van der Waals surface area contributed by atoms with Crippen molar-refractivity contribution >= 4 is 22.8 Å². The van der Waals surface area contributed by atoms with Gasteiger partial charge in [-0.15, -0.1) is 4.73 Å². The highest BCUT2D eigenvalue weighted by molar-refractivity contribution is 5.90. The van der Waals surface area contributed by atoms with Crippen molar-refractivity contribution in [3.05, 3.63) is 63.8 Å². The second-order valence-electron chi connectivity index (χ2n) is 7.84. The zero-order chi connectivity index (χ0) is 21.9. The van der Waals surface area contributed by atoms with Crippen LogP contribution >= 0.6 is 0 Å². The number of hydrogen-bond donors (Lipinski definition) is 3. The average molecular weight is 411 g/mol. The fraction of sp³-hybridized carbons (Fsp3) is 0.333. The number of fused-ring (bicyclic) bond motifs is 1. The van der Waals surface area contributed by atoms with Crippen molar-refractivity contribution in [2.75, 3.05) is 5.32 Å². The summed E-state index contributed by atoms with van der Waals surface area (Å²) in [4.78, 5) is 32.2. The lowest BCUT2D eigenvalue weighted by Gasteiger charge is -2.20. The first kappa shape index (κ1) is 21.1. The average Bonchev–Trinajstić information content (AvgIpc) is 2.67. The van der Waals surface area contributed by atoms with Crippen molar-refractivity contribution in [2.24, 2.45) is 0 Å². The fourth-order valence-electron chi connectivity index (χ4n) is 3.01. The minimum Gasteiger partial charge on any atom is -0.444 e. The molecule has 0 fully saturated rings. The van der Waals surface area contributed by atoms with E-state index in [2.05, 4.69) is 20.6 Å². The molecule has 0 atom stereocenters.